The predicted molar refractivity (Wildman–Crippen MR) is 212 cm³/mol. The average molecular weight is 789 g/mol. The summed E-state index contributed by atoms with van der Waals surface area (Å²) in [6.45, 7) is 11.2. The summed E-state index contributed by atoms with van der Waals surface area (Å²) < 4.78 is 40.4. The minimum absolute atomic E-state index is 0.00165. The van der Waals surface area contributed by atoms with Gasteiger partial charge in [0.1, 0.15) is 35.4 Å². The quantitative estimate of drug-likeness (QED) is 0.127. The Morgan fingerprint density at radius 2 is 1.58 bits per heavy atom. The zero-order chi connectivity index (χ0) is 41.0. The number of likely N-dealkylation sites (N-methyl/N-ethyl adjacent to an activating group) is 1. The monoisotopic (exact) mass is 788 g/mol. The fourth-order valence-corrected chi connectivity index (χ4v) is 8.69. The number of H-pyrrole nitrogens is 2. The van der Waals surface area contributed by atoms with Crippen LogP contribution < -0.4 is 10.6 Å². The van der Waals surface area contributed by atoms with Crippen molar-refractivity contribution in [3.05, 3.63) is 59.2 Å². The lowest BCUT2D eigenvalue weighted by Crippen LogP contribution is -2.55. The minimum atomic E-state index is -0.883. The van der Waals surface area contributed by atoms with Crippen molar-refractivity contribution in [2.75, 3.05) is 20.1 Å². The summed E-state index contributed by atoms with van der Waals surface area (Å²) in [6, 6.07) is 7.38. The lowest BCUT2D eigenvalue weighted by Gasteiger charge is -2.31. The van der Waals surface area contributed by atoms with Gasteiger partial charge in [-0.25, -0.2) is 13.6 Å². The molecule has 1 spiro atoms. The fraction of sp³-hybridized carbons (Fsp3) is 0.535. The maximum absolute atomic E-state index is 14.8. The molecular weight excluding hydrogens is 735 g/mol. The normalized spacial score (nSPS) is 21.2. The Balaban J connectivity index is 1.20. The maximum atomic E-state index is 14.8. The summed E-state index contributed by atoms with van der Waals surface area (Å²) in [4.78, 5) is 62.5. The van der Waals surface area contributed by atoms with Crippen molar-refractivity contribution in [2.24, 2.45) is 5.41 Å². The van der Waals surface area contributed by atoms with E-state index in [1.165, 1.54) is 43.1 Å². The minimum Gasteiger partial charge on any atom is -0.461 e. The number of benzene rings is 2. The van der Waals surface area contributed by atoms with Crippen molar-refractivity contribution < 1.29 is 37.4 Å². The highest BCUT2D eigenvalue weighted by atomic mass is 19.1. The van der Waals surface area contributed by atoms with Crippen LogP contribution in [0.1, 0.15) is 84.8 Å². The number of halogens is 2. The average Bonchev–Trinajstić information content (AvgIpc) is 3.41. The second kappa shape index (κ2) is 15.4. The smallest absolute Gasteiger partial charge is 0.410 e. The van der Waals surface area contributed by atoms with Gasteiger partial charge >= 0.3 is 12.1 Å². The molecule has 0 bridgehead atoms. The summed E-state index contributed by atoms with van der Waals surface area (Å²) >= 11 is 0. The van der Waals surface area contributed by atoms with Gasteiger partial charge in [0.2, 0.25) is 11.8 Å². The second-order valence-electron chi connectivity index (χ2n) is 17.4. The van der Waals surface area contributed by atoms with Gasteiger partial charge in [0, 0.05) is 67.4 Å². The van der Waals surface area contributed by atoms with Crippen molar-refractivity contribution in [3.8, 4) is 11.4 Å². The van der Waals surface area contributed by atoms with Gasteiger partial charge in [-0.05, 0) is 119 Å². The van der Waals surface area contributed by atoms with Crippen LogP contribution in [0.15, 0.2) is 36.4 Å². The SMILES string of the molecule is CC[C@H](NC(=O)[C@H](C)N(C)C(=O)OC(C)(C)C)C(=O)N1CC2(CC2)C[C@H]1Cc1c(-c2[nH]c3cc(F)ccc3c2C[C@@H]2C[C@H](OC(C)=O)CN2)[nH]c2cc(F)ccc12. The van der Waals surface area contributed by atoms with Crippen LogP contribution in [0.4, 0.5) is 13.6 Å². The van der Waals surface area contributed by atoms with Crippen LogP contribution in [-0.4, -0.2) is 99.7 Å². The molecule has 4 heterocycles. The number of ether oxygens (including phenoxy) is 2. The van der Waals surface area contributed by atoms with Gasteiger partial charge in [0.25, 0.3) is 0 Å². The van der Waals surface area contributed by atoms with Gasteiger partial charge in [-0.15, -0.1) is 0 Å². The van der Waals surface area contributed by atoms with E-state index >= 15 is 0 Å². The number of nitrogens with one attached hydrogen (secondary N) is 4. The van der Waals surface area contributed by atoms with Gasteiger partial charge in [-0.3, -0.25) is 19.3 Å². The molecule has 2 saturated heterocycles. The molecular formula is C43H54F2N6O6. The van der Waals surface area contributed by atoms with E-state index in [0.717, 1.165) is 52.5 Å². The third-order valence-electron chi connectivity index (χ3n) is 11.9. The summed E-state index contributed by atoms with van der Waals surface area (Å²) in [5.41, 5.74) is 3.82. The highest BCUT2D eigenvalue weighted by Gasteiger charge is 2.54. The molecule has 12 nitrogen and oxygen atoms in total. The molecule has 2 aromatic heterocycles. The summed E-state index contributed by atoms with van der Waals surface area (Å²) in [7, 11) is 1.50. The first-order valence-corrected chi connectivity index (χ1v) is 20.0. The Kier molecular flexibility index (Phi) is 10.9. The van der Waals surface area contributed by atoms with E-state index in [9.17, 15) is 28.0 Å². The highest BCUT2D eigenvalue weighted by Crippen LogP contribution is 2.55. The number of rotatable bonds is 11. The number of amides is 3. The molecule has 0 radical (unpaired) electrons. The second-order valence-corrected chi connectivity index (χ2v) is 17.4. The third-order valence-corrected chi connectivity index (χ3v) is 11.9. The molecule has 3 aliphatic rings. The lowest BCUT2D eigenvalue weighted by atomic mass is 9.93. The van der Waals surface area contributed by atoms with Crippen molar-refractivity contribution in [2.45, 2.75) is 122 Å². The van der Waals surface area contributed by atoms with E-state index in [1.54, 1.807) is 39.8 Å². The predicted octanol–water partition coefficient (Wildman–Crippen LogP) is 6.50. The number of fused-ring (bicyclic) bond motifs is 2. The molecule has 14 heteroatoms. The molecule has 2 aliphatic heterocycles. The molecule has 0 unspecified atom stereocenters. The molecule has 4 aromatic rings. The highest BCUT2D eigenvalue weighted by molar-refractivity contribution is 5.96. The first kappa shape index (κ1) is 40.2. The molecule has 306 valence electrons. The number of likely N-dealkylation sites (tertiary alicyclic amines) is 1. The Morgan fingerprint density at radius 1 is 0.982 bits per heavy atom. The van der Waals surface area contributed by atoms with Crippen LogP contribution in [0.5, 0.6) is 0 Å². The van der Waals surface area contributed by atoms with E-state index in [2.05, 4.69) is 20.6 Å². The van der Waals surface area contributed by atoms with E-state index in [0.29, 0.717) is 49.8 Å². The molecule has 3 fully saturated rings. The number of nitrogens with zero attached hydrogens (tertiary/aromatic N) is 2. The largest absolute Gasteiger partial charge is 0.461 e. The van der Waals surface area contributed by atoms with Crippen molar-refractivity contribution in [1.82, 2.24) is 30.4 Å². The van der Waals surface area contributed by atoms with Crippen molar-refractivity contribution >= 4 is 45.7 Å². The number of esters is 1. The van der Waals surface area contributed by atoms with Crippen molar-refractivity contribution in [3.63, 3.8) is 0 Å². The molecule has 4 N–H and O–H groups in total. The van der Waals surface area contributed by atoms with Gasteiger partial charge in [-0.2, -0.15) is 0 Å². The van der Waals surface area contributed by atoms with E-state index in [4.69, 9.17) is 9.47 Å². The zero-order valence-corrected chi connectivity index (χ0v) is 33.8. The lowest BCUT2D eigenvalue weighted by molar-refractivity contribution is -0.145. The zero-order valence-electron chi connectivity index (χ0n) is 33.8. The van der Waals surface area contributed by atoms with Crippen LogP contribution in [0.3, 0.4) is 0 Å². The molecule has 5 atom stereocenters. The van der Waals surface area contributed by atoms with Crippen LogP contribution in [0.2, 0.25) is 0 Å². The summed E-state index contributed by atoms with van der Waals surface area (Å²) in [5.74, 6) is -1.75. The summed E-state index contributed by atoms with van der Waals surface area (Å²) in [6.07, 6.45) is 3.87. The number of carbonyl (C=O) groups is 4. The number of carbonyl (C=O) groups excluding carboxylic acids is 4. The van der Waals surface area contributed by atoms with Gasteiger partial charge < -0.3 is 35.0 Å². The topological polar surface area (TPSA) is 149 Å². The van der Waals surface area contributed by atoms with Crippen LogP contribution in [0, 0.1) is 17.0 Å². The van der Waals surface area contributed by atoms with Crippen LogP contribution >= 0.6 is 0 Å². The Bertz CT molecular complexity index is 2200. The Labute approximate surface area is 331 Å². The van der Waals surface area contributed by atoms with Gasteiger partial charge in [0.15, 0.2) is 0 Å². The first-order valence-electron chi connectivity index (χ1n) is 20.0. The third kappa shape index (κ3) is 8.51. The van der Waals surface area contributed by atoms with E-state index in [1.807, 2.05) is 11.8 Å². The first-order chi connectivity index (χ1) is 26.9. The Hall–Kier alpha value is -4.98. The number of hydrogen-bond acceptors (Lipinski definition) is 7. The molecule has 2 aromatic carbocycles. The number of aromatic nitrogens is 2. The maximum Gasteiger partial charge on any atom is 0.410 e. The number of hydrogen-bond donors (Lipinski definition) is 4. The number of aromatic amines is 2. The van der Waals surface area contributed by atoms with Crippen molar-refractivity contribution in [1.29, 1.82) is 0 Å². The van der Waals surface area contributed by atoms with Crippen LogP contribution in [-0.2, 0) is 36.7 Å². The fourth-order valence-electron chi connectivity index (χ4n) is 8.69. The van der Waals surface area contributed by atoms with E-state index < -0.39 is 35.5 Å². The molecule has 1 aliphatic carbocycles. The Morgan fingerprint density at radius 3 is 2.12 bits per heavy atom. The summed E-state index contributed by atoms with van der Waals surface area (Å²) in [5, 5.41) is 8.07. The standard InChI is InChI=1S/C43H54F2N6O6/c1-8-34(49-39(53)23(2)50(7)41(55)57-42(4,5)6)40(54)51-22-43(13-14-43)20-28(51)19-33-31-12-10-26(45)16-36(31)48-38(33)37-32(30-11-9-25(44)15-35(30)47-37)18-27-17-29(21-46-27)56-24(3)52/h9-12,15-16,23,27-29,34,46-48H,8,13-14,17-22H2,1-7H3,(H,49,53)/t23-,27-,28+,29-,34-/m0/s1. The van der Waals surface area contributed by atoms with Gasteiger partial charge in [-0.1, -0.05) is 6.92 Å². The molecule has 3 amide bonds. The van der Waals surface area contributed by atoms with Gasteiger partial charge in [0.05, 0.1) is 11.4 Å². The van der Waals surface area contributed by atoms with Crippen LogP contribution in [0.25, 0.3) is 33.2 Å². The van der Waals surface area contributed by atoms with E-state index in [-0.39, 0.29) is 41.3 Å². The molecule has 7 rings (SSSR count). The molecule has 1 saturated carbocycles. The molecule has 57 heavy (non-hydrogen) atoms.